The zero-order valence-electron chi connectivity index (χ0n) is 14.5. The van der Waals surface area contributed by atoms with Gasteiger partial charge in [0.2, 0.25) is 5.12 Å². The molecule has 2 aliphatic rings. The van der Waals surface area contributed by atoms with Crippen molar-refractivity contribution in [3.8, 4) is 0 Å². The summed E-state index contributed by atoms with van der Waals surface area (Å²) in [5.41, 5.74) is 4.10. The van der Waals surface area contributed by atoms with Gasteiger partial charge in [0.25, 0.3) is 0 Å². The largest absolute Gasteiger partial charge is 0.336 e. The van der Waals surface area contributed by atoms with Crippen molar-refractivity contribution in [1.29, 1.82) is 0 Å². The number of nitrogens with zero attached hydrogens (tertiary/aromatic N) is 2. The first kappa shape index (κ1) is 16.2. The van der Waals surface area contributed by atoms with E-state index < -0.39 is 0 Å². The Labute approximate surface area is 149 Å². The molecule has 128 valence electrons. The van der Waals surface area contributed by atoms with Crippen LogP contribution in [0.15, 0.2) is 24.4 Å². The van der Waals surface area contributed by atoms with E-state index in [1.54, 1.807) is 0 Å². The molecule has 0 spiro atoms. The van der Waals surface area contributed by atoms with Crippen LogP contribution in [0.3, 0.4) is 0 Å². The molecule has 0 N–H and O–H groups in total. The van der Waals surface area contributed by atoms with E-state index in [9.17, 15) is 4.79 Å². The number of carbonyl (C=O) groups is 1. The summed E-state index contributed by atoms with van der Waals surface area (Å²) in [6.45, 7) is 6.64. The van der Waals surface area contributed by atoms with Gasteiger partial charge in [-0.15, -0.1) is 12.6 Å². The van der Waals surface area contributed by atoms with Gasteiger partial charge in [-0.05, 0) is 62.9 Å². The first-order valence-corrected chi connectivity index (χ1v) is 9.65. The monoisotopic (exact) mass is 342 g/mol. The SMILES string of the molecule is CCCN1CCC[C@@H]2c3cccc4c3c(cn4C(C)C(=O)S)C[C@H]21. The Morgan fingerprint density at radius 2 is 2.25 bits per heavy atom. The van der Waals surface area contributed by atoms with Crippen LogP contribution >= 0.6 is 12.6 Å². The average Bonchev–Trinajstić information content (AvgIpc) is 2.95. The van der Waals surface area contributed by atoms with E-state index >= 15 is 0 Å². The maximum Gasteiger partial charge on any atom is 0.208 e. The normalized spacial score (nSPS) is 24.8. The summed E-state index contributed by atoms with van der Waals surface area (Å²) in [6, 6.07) is 7.04. The average molecular weight is 343 g/mol. The molecule has 24 heavy (non-hydrogen) atoms. The molecule has 1 unspecified atom stereocenters. The van der Waals surface area contributed by atoms with Gasteiger partial charge in [0.15, 0.2) is 0 Å². The number of benzene rings is 1. The Kier molecular flexibility index (Phi) is 4.21. The second-order valence-electron chi connectivity index (χ2n) is 7.37. The number of aromatic nitrogens is 1. The van der Waals surface area contributed by atoms with Gasteiger partial charge in [-0.2, -0.15) is 0 Å². The van der Waals surface area contributed by atoms with Gasteiger partial charge in [0.05, 0.1) is 6.04 Å². The first-order chi connectivity index (χ1) is 11.6. The molecule has 2 aromatic rings. The van der Waals surface area contributed by atoms with E-state index in [0.29, 0.717) is 12.0 Å². The van der Waals surface area contributed by atoms with Gasteiger partial charge >= 0.3 is 0 Å². The number of fused-ring (bicyclic) bond motifs is 2. The maximum absolute atomic E-state index is 11.8. The van der Waals surface area contributed by atoms with Gasteiger partial charge in [0.1, 0.15) is 0 Å². The Morgan fingerprint density at radius 1 is 1.42 bits per heavy atom. The summed E-state index contributed by atoms with van der Waals surface area (Å²) in [4.78, 5) is 14.5. The second kappa shape index (κ2) is 6.23. The van der Waals surface area contributed by atoms with Crippen LogP contribution in [0.25, 0.3) is 10.9 Å². The fraction of sp³-hybridized carbons (Fsp3) is 0.550. The van der Waals surface area contributed by atoms with Crippen molar-refractivity contribution in [2.75, 3.05) is 13.1 Å². The van der Waals surface area contributed by atoms with Gasteiger partial charge in [-0.1, -0.05) is 19.1 Å². The molecule has 0 radical (unpaired) electrons. The van der Waals surface area contributed by atoms with Gasteiger partial charge in [-0.3, -0.25) is 9.69 Å². The highest BCUT2D eigenvalue weighted by Gasteiger charge is 2.37. The molecule has 1 aliphatic carbocycles. The molecular formula is C20H26N2OS. The molecule has 1 fully saturated rings. The van der Waals surface area contributed by atoms with E-state index in [0.717, 1.165) is 6.42 Å². The van der Waals surface area contributed by atoms with Crippen LogP contribution in [0.2, 0.25) is 0 Å². The van der Waals surface area contributed by atoms with Gasteiger partial charge in [0, 0.05) is 29.1 Å². The van der Waals surface area contributed by atoms with E-state index in [-0.39, 0.29) is 11.2 Å². The van der Waals surface area contributed by atoms with Crippen LogP contribution in [0.4, 0.5) is 0 Å². The number of likely N-dealkylation sites (tertiary alicyclic amines) is 1. The van der Waals surface area contributed by atoms with Crippen molar-refractivity contribution in [2.45, 2.75) is 57.5 Å². The fourth-order valence-corrected chi connectivity index (χ4v) is 5.00. The van der Waals surface area contributed by atoms with Crippen molar-refractivity contribution >= 4 is 28.6 Å². The summed E-state index contributed by atoms with van der Waals surface area (Å²) >= 11 is 4.07. The highest BCUT2D eigenvalue weighted by Crippen LogP contribution is 2.44. The van der Waals surface area contributed by atoms with Crippen LogP contribution < -0.4 is 0 Å². The molecule has 2 heterocycles. The molecule has 0 bridgehead atoms. The summed E-state index contributed by atoms with van der Waals surface area (Å²) < 4.78 is 2.13. The first-order valence-electron chi connectivity index (χ1n) is 9.21. The quantitative estimate of drug-likeness (QED) is 0.844. The van der Waals surface area contributed by atoms with Crippen molar-refractivity contribution in [3.05, 3.63) is 35.5 Å². The fourth-order valence-electron chi connectivity index (χ4n) is 4.88. The molecule has 0 saturated carbocycles. The lowest BCUT2D eigenvalue weighted by molar-refractivity contribution is -0.113. The number of thiol groups is 1. The zero-order chi connectivity index (χ0) is 16.8. The lowest BCUT2D eigenvalue weighted by Gasteiger charge is -2.44. The third kappa shape index (κ3) is 2.42. The highest BCUT2D eigenvalue weighted by atomic mass is 32.1. The van der Waals surface area contributed by atoms with Crippen molar-refractivity contribution in [3.63, 3.8) is 0 Å². The Balaban J connectivity index is 1.84. The molecule has 1 aliphatic heterocycles. The van der Waals surface area contributed by atoms with E-state index in [1.165, 1.54) is 54.4 Å². The van der Waals surface area contributed by atoms with Crippen LogP contribution in [-0.2, 0) is 11.2 Å². The maximum atomic E-state index is 11.8. The second-order valence-corrected chi connectivity index (χ2v) is 7.81. The Morgan fingerprint density at radius 3 is 3.00 bits per heavy atom. The van der Waals surface area contributed by atoms with Crippen LogP contribution in [0.1, 0.15) is 56.2 Å². The summed E-state index contributed by atoms with van der Waals surface area (Å²) in [5.74, 6) is 0.638. The predicted molar refractivity (Wildman–Crippen MR) is 102 cm³/mol. The lowest BCUT2D eigenvalue weighted by atomic mass is 9.75. The number of hydrogen-bond acceptors (Lipinski definition) is 2. The molecule has 3 nitrogen and oxygen atoms in total. The molecular weight excluding hydrogens is 316 g/mol. The van der Waals surface area contributed by atoms with Crippen LogP contribution in [-0.4, -0.2) is 33.7 Å². The predicted octanol–water partition coefficient (Wildman–Crippen LogP) is 4.17. The van der Waals surface area contributed by atoms with Gasteiger partial charge in [-0.25, -0.2) is 0 Å². The molecule has 1 aromatic carbocycles. The Bertz CT molecular complexity index is 779. The third-order valence-corrected chi connectivity index (χ3v) is 6.35. The third-order valence-electron chi connectivity index (χ3n) is 5.98. The van der Waals surface area contributed by atoms with E-state index in [1.807, 2.05) is 6.92 Å². The standard InChI is InChI=1S/C20H26N2OS/c1-3-9-21-10-5-7-15-16-6-4-8-17-19(16)14(11-18(15)21)12-22(17)13(2)20(23)24/h4,6,8,12-13,15,18H,3,5,7,9-11H2,1-2H3,(H,23,24)/t13?,15-,18-/m1/s1. The summed E-state index contributed by atoms with van der Waals surface area (Å²) in [6.07, 6.45) is 7.11. The minimum atomic E-state index is -0.216. The minimum absolute atomic E-state index is 0.0758. The molecule has 1 saturated heterocycles. The molecule has 0 amide bonds. The number of carbonyl (C=O) groups excluding carboxylic acids is 1. The van der Waals surface area contributed by atoms with Crippen molar-refractivity contribution in [1.82, 2.24) is 9.47 Å². The number of rotatable bonds is 4. The molecule has 3 atom stereocenters. The smallest absolute Gasteiger partial charge is 0.208 e. The minimum Gasteiger partial charge on any atom is -0.336 e. The highest BCUT2D eigenvalue weighted by molar-refractivity contribution is 7.96. The number of hydrogen-bond donors (Lipinski definition) is 1. The topological polar surface area (TPSA) is 25.2 Å². The molecule has 4 rings (SSSR count). The lowest BCUT2D eigenvalue weighted by Crippen LogP contribution is -2.46. The molecule has 1 aromatic heterocycles. The van der Waals surface area contributed by atoms with Gasteiger partial charge < -0.3 is 4.57 Å². The number of piperidine rings is 1. The van der Waals surface area contributed by atoms with E-state index in [2.05, 4.69) is 53.4 Å². The summed E-state index contributed by atoms with van der Waals surface area (Å²) in [7, 11) is 0. The van der Waals surface area contributed by atoms with Crippen LogP contribution in [0, 0.1) is 0 Å². The van der Waals surface area contributed by atoms with Crippen LogP contribution in [0.5, 0.6) is 0 Å². The van der Waals surface area contributed by atoms with E-state index in [4.69, 9.17) is 0 Å². The summed E-state index contributed by atoms with van der Waals surface area (Å²) in [5, 5.41) is 1.33. The van der Waals surface area contributed by atoms with Crippen molar-refractivity contribution in [2.24, 2.45) is 0 Å². The Hall–Kier alpha value is -1.26. The molecule has 4 heteroatoms. The zero-order valence-corrected chi connectivity index (χ0v) is 15.4. The van der Waals surface area contributed by atoms with Crippen molar-refractivity contribution < 1.29 is 4.79 Å².